The third kappa shape index (κ3) is 9.15. The van der Waals surface area contributed by atoms with E-state index in [1.165, 1.54) is 0 Å². The van der Waals surface area contributed by atoms with E-state index in [9.17, 15) is 0 Å². The van der Waals surface area contributed by atoms with Crippen molar-refractivity contribution < 1.29 is 32.7 Å². The minimum Gasteiger partial charge on any atom is -0.358 e. The molecule has 1 nitrogen and oxygen atoms in total. The van der Waals surface area contributed by atoms with Crippen LogP contribution in [0.3, 0.4) is 0 Å². The van der Waals surface area contributed by atoms with Crippen molar-refractivity contribution in [1.29, 1.82) is 0 Å². The molecule has 0 amide bonds. The van der Waals surface area contributed by atoms with E-state index in [1.54, 1.807) is 0 Å². The Bertz CT molecular complexity index is 72.4. The van der Waals surface area contributed by atoms with Crippen LogP contribution in [0.2, 0.25) is 0 Å². The van der Waals surface area contributed by atoms with Gasteiger partial charge in [-0.15, -0.1) is 13.1 Å². The Labute approximate surface area is 104 Å². The summed E-state index contributed by atoms with van der Waals surface area (Å²) in [5.74, 6) is 0. The van der Waals surface area contributed by atoms with Crippen LogP contribution >= 0.6 is 0 Å². The Morgan fingerprint density at radius 2 is 1.25 bits per heavy atom. The fourth-order valence-corrected chi connectivity index (χ4v) is 0.783. The molecule has 12 heavy (non-hydrogen) atoms. The maximum atomic E-state index is 3.81. The van der Waals surface area contributed by atoms with Gasteiger partial charge in [-0.2, -0.15) is 0 Å². The second kappa shape index (κ2) is 10.1. The number of nitrogens with zero attached hydrogens (tertiary/aromatic N) is 1. The van der Waals surface area contributed by atoms with E-state index in [2.05, 4.69) is 39.5 Å². The second-order valence-corrected chi connectivity index (χ2v) is 3.16. The van der Waals surface area contributed by atoms with Crippen LogP contribution in [0.4, 0.5) is 0 Å². The van der Waals surface area contributed by atoms with Crippen LogP contribution in [0, 0.1) is 13.8 Å². The maximum absolute atomic E-state index is 3.81. The van der Waals surface area contributed by atoms with Crippen LogP contribution in [-0.2, 0) is 32.7 Å². The fraction of sp³-hybridized carbons (Fsp3) is 0.800. The molecule has 0 bridgehead atoms. The summed E-state index contributed by atoms with van der Waals surface area (Å²) in [6, 6.07) is 0. The van der Waals surface area contributed by atoms with Gasteiger partial charge < -0.3 is 18.7 Å². The zero-order valence-electron chi connectivity index (χ0n) is 9.35. The van der Waals surface area contributed by atoms with Crippen LogP contribution < -0.4 is 0 Å². The number of hydrogen-bond acceptors (Lipinski definition) is 1. The van der Waals surface area contributed by atoms with Crippen LogP contribution in [0.5, 0.6) is 0 Å². The van der Waals surface area contributed by atoms with E-state index in [0.717, 1.165) is 13.1 Å². The van der Waals surface area contributed by atoms with Crippen LogP contribution in [0.15, 0.2) is 0 Å². The first kappa shape index (κ1) is 18.8. The molecule has 0 N–H and O–H groups in total. The zero-order chi connectivity index (χ0) is 9.49. The maximum Gasteiger partial charge on any atom is 0.00714 e. The predicted octanol–water partition coefficient (Wildman–Crippen LogP) is 2.78. The summed E-state index contributed by atoms with van der Waals surface area (Å²) in [5, 5.41) is 0. The molecule has 1 radical (unpaired) electrons. The van der Waals surface area contributed by atoms with Gasteiger partial charge in [0, 0.05) is 38.2 Å². The molecule has 0 aliphatic rings. The summed E-state index contributed by atoms with van der Waals surface area (Å²) in [6.07, 6.45) is 0. The molecule has 0 aromatic carbocycles. The largest absolute Gasteiger partial charge is 0.358 e. The van der Waals surface area contributed by atoms with E-state index >= 15 is 0 Å². The van der Waals surface area contributed by atoms with Crippen LogP contribution in [-0.4, -0.2) is 23.5 Å². The van der Waals surface area contributed by atoms with E-state index in [1.807, 2.05) is 13.8 Å². The van der Waals surface area contributed by atoms with Gasteiger partial charge in [-0.3, -0.25) is 0 Å². The Kier molecular flexibility index (Phi) is 15.9. The van der Waals surface area contributed by atoms with Crippen molar-refractivity contribution in [2.45, 2.75) is 40.2 Å². The van der Waals surface area contributed by atoms with Gasteiger partial charge in [-0.05, 0) is 20.8 Å². The van der Waals surface area contributed by atoms with E-state index in [-0.39, 0.29) is 38.2 Å². The van der Waals surface area contributed by atoms with Crippen molar-refractivity contribution in [3.8, 4) is 0 Å². The molecule has 0 heterocycles. The first-order valence-electron chi connectivity index (χ1n) is 4.36. The van der Waals surface area contributed by atoms with Gasteiger partial charge in [0.05, 0.1) is 0 Å². The quantitative estimate of drug-likeness (QED) is 0.677. The normalized spacial score (nSPS) is 10.0. The van der Waals surface area contributed by atoms with Crippen molar-refractivity contribution in [2.75, 3.05) is 13.1 Å². The van der Waals surface area contributed by atoms with Crippen molar-refractivity contribution >= 4 is 0 Å². The van der Waals surface area contributed by atoms with Crippen molar-refractivity contribution in [3.05, 3.63) is 13.8 Å². The first-order chi connectivity index (χ1) is 5.02. The van der Waals surface area contributed by atoms with Gasteiger partial charge >= 0.3 is 0 Å². The standard InChI is InChI=1S/C8H17N.C2H6.Y/c1-6-9(7-2)8(3,4)5;1-2;/h1-2,6-7H2,3-5H3;1-2H3;/q-2;;. The van der Waals surface area contributed by atoms with Crippen molar-refractivity contribution in [3.63, 3.8) is 0 Å². The Hall–Kier alpha value is 1.06. The molecule has 0 unspecified atom stereocenters. The molecule has 0 spiro atoms. The third-order valence-corrected chi connectivity index (χ3v) is 1.49. The fourth-order valence-electron chi connectivity index (χ4n) is 0.783. The third-order valence-electron chi connectivity index (χ3n) is 1.49. The van der Waals surface area contributed by atoms with Gasteiger partial charge in [-0.25, -0.2) is 0 Å². The molecular formula is C10H23NY-2. The zero-order valence-corrected chi connectivity index (χ0v) is 12.2. The van der Waals surface area contributed by atoms with Gasteiger partial charge in [0.25, 0.3) is 0 Å². The molecule has 0 saturated carbocycles. The van der Waals surface area contributed by atoms with E-state index < -0.39 is 0 Å². The summed E-state index contributed by atoms with van der Waals surface area (Å²) in [5.41, 5.74) is 0.226. The Balaban J connectivity index is -0.000000249. The number of hydrogen-bond donors (Lipinski definition) is 0. The molecule has 0 aromatic rings. The molecular weight excluding hydrogens is 223 g/mol. The van der Waals surface area contributed by atoms with E-state index in [0.29, 0.717) is 0 Å². The summed E-state index contributed by atoms with van der Waals surface area (Å²) in [4.78, 5) is 2.22. The minimum absolute atomic E-state index is 0. The summed E-state index contributed by atoms with van der Waals surface area (Å²) >= 11 is 0. The summed E-state index contributed by atoms with van der Waals surface area (Å²) < 4.78 is 0. The summed E-state index contributed by atoms with van der Waals surface area (Å²) in [7, 11) is 0. The van der Waals surface area contributed by atoms with Gasteiger partial charge in [0.15, 0.2) is 0 Å². The molecule has 0 atom stereocenters. The molecule has 0 rings (SSSR count). The average Bonchev–Trinajstić information content (AvgIpc) is 1.92. The molecule has 0 aromatic heterocycles. The Morgan fingerprint density at radius 1 is 1.00 bits per heavy atom. The Morgan fingerprint density at radius 3 is 1.25 bits per heavy atom. The molecule has 73 valence electrons. The van der Waals surface area contributed by atoms with Crippen LogP contribution in [0.25, 0.3) is 0 Å². The topological polar surface area (TPSA) is 3.24 Å². The van der Waals surface area contributed by atoms with Crippen molar-refractivity contribution in [1.82, 2.24) is 4.90 Å². The van der Waals surface area contributed by atoms with Crippen molar-refractivity contribution in [2.24, 2.45) is 0 Å². The van der Waals surface area contributed by atoms with Gasteiger partial charge in [-0.1, -0.05) is 13.8 Å². The molecule has 2 heteroatoms. The molecule has 0 aliphatic carbocycles. The first-order valence-corrected chi connectivity index (χ1v) is 4.36. The minimum atomic E-state index is 0. The van der Waals surface area contributed by atoms with Gasteiger partial charge in [0.1, 0.15) is 0 Å². The van der Waals surface area contributed by atoms with Crippen LogP contribution in [0.1, 0.15) is 34.6 Å². The SMILES string of the molecule is CC.[CH2-]CN(C[CH2-])C(C)(C)C.[Y]. The average molecular weight is 246 g/mol. The molecule has 0 fully saturated rings. The summed E-state index contributed by atoms with van der Waals surface area (Å²) in [6.45, 7) is 19.8. The molecule has 0 aliphatic heterocycles. The smallest absolute Gasteiger partial charge is 0.00714 e. The molecule has 0 saturated heterocycles. The second-order valence-electron chi connectivity index (χ2n) is 3.16. The van der Waals surface area contributed by atoms with E-state index in [4.69, 9.17) is 0 Å². The monoisotopic (exact) mass is 246 g/mol. The van der Waals surface area contributed by atoms with Gasteiger partial charge in [0.2, 0.25) is 0 Å². The predicted molar refractivity (Wildman–Crippen MR) is 53.4 cm³/mol. The number of rotatable bonds is 2.